The second-order valence-electron chi connectivity index (χ2n) is 5.79. The van der Waals surface area contributed by atoms with Gasteiger partial charge in [-0.25, -0.2) is 4.98 Å². The minimum Gasteiger partial charge on any atom is -0.493 e. The molecule has 0 aliphatic heterocycles. The van der Waals surface area contributed by atoms with Crippen LogP contribution in [0.15, 0.2) is 24.5 Å². The third kappa shape index (κ3) is 4.08. The maximum atomic E-state index is 5.97. The summed E-state index contributed by atoms with van der Waals surface area (Å²) in [4.78, 5) is 4.31. The lowest BCUT2D eigenvalue weighted by molar-refractivity contribution is 0.313. The summed E-state index contributed by atoms with van der Waals surface area (Å²) >= 11 is 0. The summed E-state index contributed by atoms with van der Waals surface area (Å²) in [5.74, 6) is 2.02. The fraction of sp³-hybridized carbons (Fsp3) is 0.471. The van der Waals surface area contributed by atoms with Crippen LogP contribution in [-0.2, 0) is 19.9 Å². The van der Waals surface area contributed by atoms with Crippen molar-refractivity contribution >= 4 is 0 Å². The lowest BCUT2D eigenvalue weighted by Crippen LogP contribution is -2.18. The van der Waals surface area contributed by atoms with Crippen LogP contribution in [0.25, 0.3) is 0 Å². The van der Waals surface area contributed by atoms with Gasteiger partial charge in [-0.15, -0.1) is 0 Å². The molecule has 114 valence electrons. The lowest BCUT2D eigenvalue weighted by atomic mass is 10.0. The minimum absolute atomic E-state index is 0.180. The highest BCUT2D eigenvalue weighted by Gasteiger charge is 2.08. The first kappa shape index (κ1) is 15.6. The molecule has 0 radical (unpaired) electrons. The predicted octanol–water partition coefficient (Wildman–Crippen LogP) is 2.55. The Kier molecular flexibility index (Phi) is 5.02. The van der Waals surface area contributed by atoms with Crippen molar-refractivity contribution in [3.8, 4) is 5.75 Å². The van der Waals surface area contributed by atoms with E-state index in [1.54, 1.807) is 0 Å². The number of imidazole rings is 1. The van der Waals surface area contributed by atoms with Crippen molar-refractivity contribution in [3.05, 3.63) is 47.0 Å². The normalized spacial score (nSPS) is 12.4. The van der Waals surface area contributed by atoms with E-state index >= 15 is 0 Å². The molecule has 0 aliphatic carbocycles. The number of nitrogens with two attached hydrogens (primary N) is 1. The fourth-order valence-electron chi connectivity index (χ4n) is 2.64. The van der Waals surface area contributed by atoms with Gasteiger partial charge in [-0.3, -0.25) is 0 Å². The van der Waals surface area contributed by atoms with E-state index in [1.807, 2.05) is 30.9 Å². The highest BCUT2D eigenvalue weighted by Crippen LogP contribution is 2.25. The standard InChI is InChI=1S/C17H25N3O/c1-12-9-15(11-14(3)18)10-13(2)17(12)21-8-5-16-19-6-7-20(16)4/h6-7,9-10,14H,5,8,11,18H2,1-4H3. The quantitative estimate of drug-likeness (QED) is 0.888. The molecule has 0 fully saturated rings. The predicted molar refractivity (Wildman–Crippen MR) is 85.7 cm³/mol. The number of benzene rings is 1. The van der Waals surface area contributed by atoms with Gasteiger partial charge in [-0.05, 0) is 43.9 Å². The molecule has 0 aliphatic rings. The molecule has 1 atom stereocenters. The molecule has 0 saturated carbocycles. The molecule has 1 heterocycles. The number of aryl methyl sites for hydroxylation is 3. The molecule has 1 aromatic heterocycles. The molecule has 0 bridgehead atoms. The molecular weight excluding hydrogens is 262 g/mol. The molecule has 2 rings (SSSR count). The first-order valence-corrected chi connectivity index (χ1v) is 7.42. The van der Waals surface area contributed by atoms with E-state index in [0.29, 0.717) is 6.61 Å². The molecule has 0 saturated heterocycles. The molecule has 4 heteroatoms. The highest BCUT2D eigenvalue weighted by molar-refractivity contribution is 5.43. The van der Waals surface area contributed by atoms with E-state index in [0.717, 1.165) is 24.4 Å². The molecule has 2 aromatic rings. The zero-order valence-corrected chi connectivity index (χ0v) is 13.4. The third-order valence-corrected chi connectivity index (χ3v) is 3.57. The number of hydrogen-bond acceptors (Lipinski definition) is 3. The van der Waals surface area contributed by atoms with E-state index in [2.05, 4.69) is 31.0 Å². The second kappa shape index (κ2) is 6.76. The van der Waals surface area contributed by atoms with Crippen molar-refractivity contribution in [2.45, 2.75) is 39.7 Å². The summed E-state index contributed by atoms with van der Waals surface area (Å²) in [6.07, 6.45) is 5.47. The van der Waals surface area contributed by atoms with Crippen molar-refractivity contribution < 1.29 is 4.74 Å². The largest absolute Gasteiger partial charge is 0.493 e. The Bertz CT molecular complexity index is 579. The van der Waals surface area contributed by atoms with Crippen LogP contribution in [0, 0.1) is 13.8 Å². The Hall–Kier alpha value is -1.81. The number of hydrogen-bond donors (Lipinski definition) is 1. The smallest absolute Gasteiger partial charge is 0.125 e. The van der Waals surface area contributed by atoms with E-state index < -0.39 is 0 Å². The number of rotatable bonds is 6. The molecule has 21 heavy (non-hydrogen) atoms. The van der Waals surface area contributed by atoms with Gasteiger partial charge in [-0.1, -0.05) is 12.1 Å². The van der Waals surface area contributed by atoms with Gasteiger partial charge in [0, 0.05) is 31.9 Å². The van der Waals surface area contributed by atoms with Crippen LogP contribution in [-0.4, -0.2) is 22.2 Å². The van der Waals surface area contributed by atoms with Crippen molar-refractivity contribution in [2.75, 3.05) is 6.61 Å². The molecule has 0 spiro atoms. The van der Waals surface area contributed by atoms with Gasteiger partial charge in [0.1, 0.15) is 11.6 Å². The Balaban J connectivity index is 2.01. The Morgan fingerprint density at radius 3 is 2.48 bits per heavy atom. The van der Waals surface area contributed by atoms with Crippen LogP contribution < -0.4 is 10.5 Å². The first-order chi connectivity index (χ1) is 9.97. The molecule has 0 amide bonds. The lowest BCUT2D eigenvalue weighted by Gasteiger charge is -2.15. The molecular formula is C17H25N3O. The summed E-state index contributed by atoms with van der Waals surface area (Å²) in [6.45, 7) is 6.85. The topological polar surface area (TPSA) is 53.1 Å². The minimum atomic E-state index is 0.180. The van der Waals surface area contributed by atoms with Gasteiger partial charge in [0.15, 0.2) is 0 Å². The Labute approximate surface area is 127 Å². The van der Waals surface area contributed by atoms with Crippen molar-refractivity contribution in [1.82, 2.24) is 9.55 Å². The van der Waals surface area contributed by atoms with Crippen molar-refractivity contribution in [1.29, 1.82) is 0 Å². The maximum absolute atomic E-state index is 5.97. The average Bonchev–Trinajstić information content (AvgIpc) is 2.77. The summed E-state index contributed by atoms with van der Waals surface area (Å²) in [5, 5.41) is 0. The number of aromatic nitrogens is 2. The van der Waals surface area contributed by atoms with E-state index in [9.17, 15) is 0 Å². The summed E-state index contributed by atoms with van der Waals surface area (Å²) < 4.78 is 7.99. The van der Waals surface area contributed by atoms with Gasteiger partial charge < -0.3 is 15.0 Å². The number of ether oxygens (including phenoxy) is 1. The Morgan fingerprint density at radius 2 is 1.95 bits per heavy atom. The summed E-state index contributed by atoms with van der Waals surface area (Å²) in [5.41, 5.74) is 9.49. The molecule has 1 unspecified atom stereocenters. The van der Waals surface area contributed by atoms with E-state index in [1.165, 1.54) is 16.7 Å². The van der Waals surface area contributed by atoms with E-state index in [4.69, 9.17) is 10.5 Å². The first-order valence-electron chi connectivity index (χ1n) is 7.42. The third-order valence-electron chi connectivity index (χ3n) is 3.57. The molecule has 1 aromatic carbocycles. The monoisotopic (exact) mass is 287 g/mol. The van der Waals surface area contributed by atoms with Gasteiger partial charge in [0.2, 0.25) is 0 Å². The van der Waals surface area contributed by atoms with Gasteiger partial charge in [-0.2, -0.15) is 0 Å². The summed E-state index contributed by atoms with van der Waals surface area (Å²) in [7, 11) is 2.00. The second-order valence-corrected chi connectivity index (χ2v) is 5.79. The van der Waals surface area contributed by atoms with Crippen LogP contribution in [0.1, 0.15) is 29.4 Å². The fourth-order valence-corrected chi connectivity index (χ4v) is 2.64. The maximum Gasteiger partial charge on any atom is 0.125 e. The van der Waals surface area contributed by atoms with Gasteiger partial charge in [0.25, 0.3) is 0 Å². The molecule has 4 nitrogen and oxygen atoms in total. The zero-order valence-electron chi connectivity index (χ0n) is 13.4. The number of nitrogens with zero attached hydrogens (tertiary/aromatic N) is 2. The van der Waals surface area contributed by atoms with Crippen molar-refractivity contribution in [3.63, 3.8) is 0 Å². The van der Waals surface area contributed by atoms with Gasteiger partial charge in [0.05, 0.1) is 6.61 Å². The van der Waals surface area contributed by atoms with E-state index in [-0.39, 0.29) is 6.04 Å². The van der Waals surface area contributed by atoms with Crippen LogP contribution in [0.4, 0.5) is 0 Å². The Morgan fingerprint density at radius 1 is 1.29 bits per heavy atom. The van der Waals surface area contributed by atoms with Crippen LogP contribution in [0.3, 0.4) is 0 Å². The van der Waals surface area contributed by atoms with Gasteiger partial charge >= 0.3 is 0 Å². The summed E-state index contributed by atoms with van der Waals surface area (Å²) in [6, 6.07) is 4.53. The zero-order chi connectivity index (χ0) is 15.4. The highest BCUT2D eigenvalue weighted by atomic mass is 16.5. The van der Waals surface area contributed by atoms with Crippen LogP contribution >= 0.6 is 0 Å². The van der Waals surface area contributed by atoms with Crippen LogP contribution in [0.2, 0.25) is 0 Å². The van der Waals surface area contributed by atoms with Crippen molar-refractivity contribution in [2.24, 2.45) is 12.8 Å². The average molecular weight is 287 g/mol. The molecule has 2 N–H and O–H groups in total. The van der Waals surface area contributed by atoms with Crippen LogP contribution in [0.5, 0.6) is 5.75 Å². The SMILES string of the molecule is Cc1cc(CC(C)N)cc(C)c1OCCc1nccn1C.